The van der Waals surface area contributed by atoms with Gasteiger partial charge in [0.25, 0.3) is 0 Å². The highest BCUT2D eigenvalue weighted by molar-refractivity contribution is 7.88. The molecule has 0 amide bonds. The number of carbonyl (C=O) groups excluding carboxylic acids is 1. The summed E-state index contributed by atoms with van der Waals surface area (Å²) in [4.78, 5) is 21.2. The molecule has 0 bridgehead atoms. The Bertz CT molecular complexity index is 1020. The number of carbonyl (C=O) groups is 1. The average molecular weight is 440 g/mol. The molecule has 29 heavy (non-hydrogen) atoms. The van der Waals surface area contributed by atoms with Gasteiger partial charge in [0.15, 0.2) is 0 Å². The number of piperidine rings is 1. The van der Waals surface area contributed by atoms with E-state index in [1.165, 1.54) is 29.9 Å². The number of methoxy groups -OCH3 is 1. The Morgan fingerprint density at radius 3 is 2.59 bits per heavy atom. The molecule has 3 N–H and O–H groups in total. The number of sulfonamides is 1. The number of nitrogens with two attached hydrogens (primary N) is 1. The van der Waals surface area contributed by atoms with Crippen molar-refractivity contribution in [2.75, 3.05) is 37.5 Å². The van der Waals surface area contributed by atoms with E-state index in [-0.39, 0.29) is 28.9 Å². The molecule has 2 aromatic rings. The largest absolute Gasteiger partial charge is 0.496 e. The molecule has 0 unspecified atom stereocenters. The van der Waals surface area contributed by atoms with Gasteiger partial charge in [0.05, 0.1) is 24.5 Å². The average Bonchev–Trinajstić information content (AvgIpc) is 2.67. The minimum absolute atomic E-state index is 0.0157. The first-order chi connectivity index (χ1) is 13.7. The molecule has 9 nitrogen and oxygen atoms in total. The van der Waals surface area contributed by atoms with Crippen LogP contribution in [0.3, 0.4) is 0 Å². The monoisotopic (exact) mass is 439 g/mol. The van der Waals surface area contributed by atoms with E-state index in [1.54, 1.807) is 12.1 Å². The number of anilines is 2. The molecule has 1 fully saturated rings. The molecule has 1 aliphatic rings. The number of nitrogens with zero attached hydrogens (tertiary/aromatic N) is 3. The third kappa shape index (κ3) is 4.95. The zero-order chi connectivity index (χ0) is 21.2. The topological polar surface area (TPSA) is 128 Å². The Kier molecular flexibility index (Phi) is 6.25. The van der Waals surface area contributed by atoms with E-state index >= 15 is 0 Å². The number of nitrogen functional groups attached to an aromatic ring is 1. The van der Waals surface area contributed by atoms with Gasteiger partial charge in [-0.05, 0) is 31.0 Å². The Hall–Kier alpha value is -2.43. The van der Waals surface area contributed by atoms with Crippen LogP contribution in [0.15, 0.2) is 24.4 Å². The number of ether oxygens (including phenoxy) is 1. The molecule has 1 aliphatic heterocycles. The summed E-state index contributed by atoms with van der Waals surface area (Å²) in [5, 5.41) is 3.55. The van der Waals surface area contributed by atoms with Crippen LogP contribution < -0.4 is 15.8 Å². The zero-order valence-corrected chi connectivity index (χ0v) is 17.6. The van der Waals surface area contributed by atoms with E-state index in [0.717, 1.165) is 0 Å². The van der Waals surface area contributed by atoms with Crippen LogP contribution in [0.5, 0.6) is 5.75 Å². The first kappa shape index (κ1) is 21.3. The van der Waals surface area contributed by atoms with Crippen molar-refractivity contribution in [3.63, 3.8) is 0 Å². The van der Waals surface area contributed by atoms with Gasteiger partial charge in [-0.3, -0.25) is 4.79 Å². The molecular weight excluding hydrogens is 418 g/mol. The number of benzene rings is 1. The maximum Gasteiger partial charge on any atom is 0.224 e. The molecule has 1 aromatic carbocycles. The van der Waals surface area contributed by atoms with Crippen molar-refractivity contribution < 1.29 is 17.9 Å². The lowest BCUT2D eigenvalue weighted by Gasteiger charge is -2.30. The van der Waals surface area contributed by atoms with Crippen molar-refractivity contribution >= 4 is 39.2 Å². The summed E-state index contributed by atoms with van der Waals surface area (Å²) < 4.78 is 29.9. The van der Waals surface area contributed by atoms with Gasteiger partial charge in [-0.2, -0.15) is 4.98 Å². The van der Waals surface area contributed by atoms with E-state index < -0.39 is 15.8 Å². The molecule has 3 rings (SSSR count). The van der Waals surface area contributed by atoms with Crippen molar-refractivity contribution in [2.45, 2.75) is 18.9 Å². The number of hydrogen-bond donors (Lipinski definition) is 2. The van der Waals surface area contributed by atoms with Crippen LogP contribution in [0.4, 0.5) is 11.8 Å². The second kappa shape index (κ2) is 8.52. The Labute approximate surface area is 174 Å². The Morgan fingerprint density at radius 1 is 1.31 bits per heavy atom. The van der Waals surface area contributed by atoms with Crippen molar-refractivity contribution in [2.24, 2.45) is 0 Å². The molecule has 11 heteroatoms. The Balaban J connectivity index is 1.73. The molecule has 1 saturated heterocycles. The predicted octanol–water partition coefficient (Wildman–Crippen LogP) is 1.79. The lowest BCUT2D eigenvalue weighted by Crippen LogP contribution is -2.42. The molecule has 0 spiro atoms. The second-order valence-corrected chi connectivity index (χ2v) is 9.17. The van der Waals surface area contributed by atoms with Crippen LogP contribution >= 0.6 is 11.6 Å². The third-order valence-electron chi connectivity index (χ3n) is 4.73. The summed E-state index contributed by atoms with van der Waals surface area (Å²) in [6, 6.07) is 4.75. The van der Waals surface area contributed by atoms with Gasteiger partial charge in [0.2, 0.25) is 21.8 Å². The molecule has 0 aliphatic carbocycles. The predicted molar refractivity (Wildman–Crippen MR) is 111 cm³/mol. The molecule has 0 saturated carbocycles. The van der Waals surface area contributed by atoms with E-state index in [1.807, 2.05) is 0 Å². The molecular formula is C18H22ClN5O4S. The summed E-state index contributed by atoms with van der Waals surface area (Å²) in [6.07, 6.45) is 3.81. The summed E-state index contributed by atoms with van der Waals surface area (Å²) in [5.41, 5.74) is 6.41. The van der Waals surface area contributed by atoms with Gasteiger partial charge < -0.3 is 15.8 Å². The smallest absolute Gasteiger partial charge is 0.224 e. The summed E-state index contributed by atoms with van der Waals surface area (Å²) in [7, 11) is -1.72. The van der Waals surface area contributed by atoms with Gasteiger partial charge in [-0.1, -0.05) is 11.6 Å². The minimum atomic E-state index is -3.18. The molecule has 2 heterocycles. The third-order valence-corrected chi connectivity index (χ3v) is 6.26. The first-order valence-corrected chi connectivity index (χ1v) is 11.1. The molecule has 156 valence electrons. The first-order valence-electron chi connectivity index (χ1n) is 8.91. The van der Waals surface area contributed by atoms with Crippen LogP contribution in [0.1, 0.15) is 28.8 Å². The number of halogens is 1. The van der Waals surface area contributed by atoms with E-state index in [9.17, 15) is 13.2 Å². The van der Waals surface area contributed by atoms with Crippen molar-refractivity contribution in [3.8, 4) is 5.75 Å². The number of aromatic nitrogens is 2. The highest BCUT2D eigenvalue weighted by atomic mass is 35.5. The van der Waals surface area contributed by atoms with Crippen molar-refractivity contribution in [1.29, 1.82) is 0 Å². The summed E-state index contributed by atoms with van der Waals surface area (Å²) in [6.45, 7) is 0.855. The maximum atomic E-state index is 12.8. The second-order valence-electron chi connectivity index (χ2n) is 6.75. The number of hydrogen-bond acceptors (Lipinski definition) is 8. The van der Waals surface area contributed by atoms with E-state index in [4.69, 9.17) is 22.1 Å². The zero-order valence-electron chi connectivity index (χ0n) is 16.1. The fourth-order valence-corrected chi connectivity index (χ4v) is 4.20. The number of ketones is 1. The maximum absolute atomic E-state index is 12.8. The van der Waals surface area contributed by atoms with Crippen LogP contribution in [0.25, 0.3) is 0 Å². The molecule has 0 atom stereocenters. The van der Waals surface area contributed by atoms with Gasteiger partial charge in [-0.15, -0.1) is 0 Å². The normalized spacial score (nSPS) is 15.8. The van der Waals surface area contributed by atoms with Crippen LogP contribution in [0.2, 0.25) is 5.02 Å². The minimum Gasteiger partial charge on any atom is -0.496 e. The molecule has 0 radical (unpaired) electrons. The van der Waals surface area contributed by atoms with Crippen LogP contribution in [0, 0.1) is 0 Å². The van der Waals surface area contributed by atoms with Crippen LogP contribution in [-0.2, 0) is 10.0 Å². The van der Waals surface area contributed by atoms with Gasteiger partial charge >= 0.3 is 0 Å². The fraction of sp³-hybridized carbons (Fsp3) is 0.389. The number of rotatable bonds is 6. The summed E-state index contributed by atoms with van der Waals surface area (Å²) in [5.74, 6) is 0.298. The van der Waals surface area contributed by atoms with E-state index in [2.05, 4.69) is 15.3 Å². The standard InChI is InChI=1S/C18H22ClN5O4S/c1-28-15-4-3-11(19)9-13(15)16(25)14-10-21-18(23-17(14)20)22-12-5-7-24(8-6-12)29(2,26)27/h3-4,9-10,12H,5-8H2,1-2H3,(H3,20,21,22,23). The summed E-state index contributed by atoms with van der Waals surface area (Å²) >= 11 is 6.00. The lowest BCUT2D eigenvalue weighted by atomic mass is 10.0. The highest BCUT2D eigenvalue weighted by Gasteiger charge is 2.26. The Morgan fingerprint density at radius 2 is 2.00 bits per heavy atom. The van der Waals surface area contributed by atoms with Gasteiger partial charge in [0.1, 0.15) is 11.6 Å². The highest BCUT2D eigenvalue weighted by Crippen LogP contribution is 2.27. The van der Waals surface area contributed by atoms with Crippen LogP contribution in [-0.4, -0.2) is 61.0 Å². The van der Waals surface area contributed by atoms with E-state index in [0.29, 0.717) is 36.7 Å². The fourth-order valence-electron chi connectivity index (χ4n) is 3.16. The van der Waals surface area contributed by atoms with Gasteiger partial charge in [-0.25, -0.2) is 17.7 Å². The quantitative estimate of drug-likeness (QED) is 0.652. The number of nitrogens with one attached hydrogen (secondary N) is 1. The SMILES string of the molecule is COc1ccc(Cl)cc1C(=O)c1cnc(NC2CCN(S(C)(=O)=O)CC2)nc1N. The van der Waals surface area contributed by atoms with Crippen molar-refractivity contribution in [1.82, 2.24) is 14.3 Å². The lowest BCUT2D eigenvalue weighted by molar-refractivity contribution is 0.103. The van der Waals surface area contributed by atoms with Crippen molar-refractivity contribution in [3.05, 3.63) is 40.5 Å². The molecule has 1 aromatic heterocycles. The van der Waals surface area contributed by atoms with Gasteiger partial charge in [0, 0.05) is 30.4 Å².